The van der Waals surface area contributed by atoms with Crippen LogP contribution in [0.15, 0.2) is 17.2 Å². The van der Waals surface area contributed by atoms with E-state index in [1.807, 2.05) is 0 Å². The van der Waals surface area contributed by atoms with E-state index in [2.05, 4.69) is 34.3 Å². The molecule has 2 N–H and O–H groups in total. The predicted molar refractivity (Wildman–Crippen MR) is 68.2 cm³/mol. The quantitative estimate of drug-likeness (QED) is 0.820. The fourth-order valence-electron chi connectivity index (χ4n) is 2.54. The second-order valence-corrected chi connectivity index (χ2v) is 4.98. The molecule has 0 amide bonds. The van der Waals surface area contributed by atoms with Crippen LogP contribution >= 0.6 is 0 Å². The van der Waals surface area contributed by atoms with Crippen LogP contribution in [0.4, 0.5) is 5.82 Å². The molecule has 0 atom stereocenters. The molecule has 1 aromatic rings. The Hall–Kier alpha value is -1.36. The van der Waals surface area contributed by atoms with Gasteiger partial charge >= 0.3 is 0 Å². The average Bonchev–Trinajstić information content (AvgIpc) is 2.76. The zero-order valence-electron chi connectivity index (χ0n) is 10.5. The summed E-state index contributed by atoms with van der Waals surface area (Å²) in [6.07, 6.45) is 6.40. The third kappa shape index (κ3) is 2.66. The van der Waals surface area contributed by atoms with Gasteiger partial charge in [0.2, 0.25) is 0 Å². The van der Waals surface area contributed by atoms with Crippen molar-refractivity contribution >= 4 is 5.82 Å². The molecular formula is C12H20N4O. The summed E-state index contributed by atoms with van der Waals surface area (Å²) in [5, 5.41) is 3.28. The van der Waals surface area contributed by atoms with Gasteiger partial charge in [-0.25, -0.2) is 4.98 Å². The topological polar surface area (TPSA) is 61.0 Å². The standard InChI is InChI=1S/C12H20N4O/c1-16(2)12(5-3-4-6-12)8-13-10-7-11(17)15-9-14-10/h7,9H,3-6,8H2,1-2H3,(H2,13,14,15,17). The fourth-order valence-corrected chi connectivity index (χ4v) is 2.54. The first-order valence-corrected chi connectivity index (χ1v) is 6.08. The molecule has 1 aromatic heterocycles. The van der Waals surface area contributed by atoms with Crippen LogP contribution in [0.3, 0.4) is 0 Å². The minimum atomic E-state index is -0.118. The van der Waals surface area contributed by atoms with Crippen LogP contribution in [-0.2, 0) is 0 Å². The Labute approximate surface area is 101 Å². The Morgan fingerprint density at radius 2 is 2.18 bits per heavy atom. The van der Waals surface area contributed by atoms with Gasteiger partial charge < -0.3 is 15.2 Å². The molecule has 0 unspecified atom stereocenters. The summed E-state index contributed by atoms with van der Waals surface area (Å²) in [6.45, 7) is 0.844. The molecule has 5 nitrogen and oxygen atoms in total. The van der Waals surface area contributed by atoms with E-state index in [4.69, 9.17) is 0 Å². The monoisotopic (exact) mass is 236 g/mol. The minimum Gasteiger partial charge on any atom is -0.368 e. The van der Waals surface area contributed by atoms with Gasteiger partial charge in [0.25, 0.3) is 5.56 Å². The molecule has 94 valence electrons. The van der Waals surface area contributed by atoms with Crippen LogP contribution < -0.4 is 10.9 Å². The molecule has 5 heteroatoms. The van der Waals surface area contributed by atoms with Gasteiger partial charge in [0.1, 0.15) is 5.82 Å². The summed E-state index contributed by atoms with van der Waals surface area (Å²) in [5.74, 6) is 0.655. The van der Waals surface area contributed by atoms with Gasteiger partial charge in [-0.3, -0.25) is 4.79 Å². The van der Waals surface area contributed by atoms with Crippen molar-refractivity contribution in [3.8, 4) is 0 Å². The molecule has 1 saturated carbocycles. The van der Waals surface area contributed by atoms with E-state index in [9.17, 15) is 4.79 Å². The lowest BCUT2D eigenvalue weighted by atomic mass is 9.96. The minimum absolute atomic E-state index is 0.118. The van der Waals surface area contributed by atoms with E-state index in [-0.39, 0.29) is 11.1 Å². The average molecular weight is 236 g/mol. The van der Waals surface area contributed by atoms with Gasteiger partial charge in [0.15, 0.2) is 0 Å². The summed E-state index contributed by atoms with van der Waals surface area (Å²) in [5.41, 5.74) is 0.0948. The molecule has 2 rings (SSSR count). The molecule has 0 spiro atoms. The van der Waals surface area contributed by atoms with Gasteiger partial charge in [0, 0.05) is 18.2 Å². The number of likely N-dealkylation sites (N-methyl/N-ethyl adjacent to an activating group) is 1. The SMILES string of the molecule is CN(C)C1(CNc2cc(=O)[nH]cn2)CCCC1. The number of H-pyrrole nitrogens is 1. The Morgan fingerprint density at radius 3 is 2.76 bits per heavy atom. The van der Waals surface area contributed by atoms with Crippen molar-refractivity contribution in [3.63, 3.8) is 0 Å². The summed E-state index contributed by atoms with van der Waals surface area (Å²) >= 11 is 0. The summed E-state index contributed by atoms with van der Waals surface area (Å²) in [4.78, 5) is 20.1. The van der Waals surface area contributed by atoms with Gasteiger partial charge in [-0.05, 0) is 26.9 Å². The maximum absolute atomic E-state index is 11.2. The number of nitrogens with zero attached hydrogens (tertiary/aromatic N) is 2. The first-order valence-electron chi connectivity index (χ1n) is 6.08. The maximum Gasteiger partial charge on any atom is 0.252 e. The van der Waals surface area contributed by atoms with Gasteiger partial charge in [-0.15, -0.1) is 0 Å². The van der Waals surface area contributed by atoms with Gasteiger partial charge in [-0.1, -0.05) is 12.8 Å². The normalized spacial score (nSPS) is 18.5. The first-order chi connectivity index (χ1) is 8.12. The van der Waals surface area contributed by atoms with Crippen LogP contribution in [0, 0.1) is 0 Å². The summed E-state index contributed by atoms with van der Waals surface area (Å²) < 4.78 is 0. The second kappa shape index (κ2) is 4.87. The lowest BCUT2D eigenvalue weighted by Gasteiger charge is -2.36. The number of anilines is 1. The lowest BCUT2D eigenvalue weighted by molar-refractivity contribution is 0.172. The maximum atomic E-state index is 11.2. The van der Waals surface area contributed by atoms with Crippen LogP contribution in [0.2, 0.25) is 0 Å². The largest absolute Gasteiger partial charge is 0.368 e. The number of hydrogen-bond acceptors (Lipinski definition) is 4. The number of rotatable bonds is 4. The molecule has 1 aliphatic carbocycles. The molecule has 0 aromatic carbocycles. The van der Waals surface area contributed by atoms with E-state index in [1.165, 1.54) is 38.1 Å². The highest BCUT2D eigenvalue weighted by Crippen LogP contribution is 2.33. The van der Waals surface area contributed by atoms with Gasteiger partial charge in [0.05, 0.1) is 6.33 Å². The number of hydrogen-bond donors (Lipinski definition) is 2. The lowest BCUT2D eigenvalue weighted by Crippen LogP contribution is -2.47. The van der Waals surface area contributed by atoms with Crippen molar-refractivity contribution in [2.45, 2.75) is 31.2 Å². The van der Waals surface area contributed by atoms with Crippen molar-refractivity contribution in [1.29, 1.82) is 0 Å². The zero-order chi connectivity index (χ0) is 12.3. The molecule has 1 fully saturated rings. The zero-order valence-corrected chi connectivity index (χ0v) is 10.5. The molecule has 0 radical (unpaired) electrons. The Kier molecular flexibility index (Phi) is 3.47. The van der Waals surface area contributed by atoms with Crippen molar-refractivity contribution in [2.75, 3.05) is 26.0 Å². The van der Waals surface area contributed by atoms with Crippen LogP contribution in [-0.4, -0.2) is 41.0 Å². The second-order valence-electron chi connectivity index (χ2n) is 4.98. The highest BCUT2D eigenvalue weighted by molar-refractivity contribution is 5.32. The molecule has 1 aliphatic rings. The fraction of sp³-hybridized carbons (Fsp3) is 0.667. The third-order valence-electron chi connectivity index (χ3n) is 3.76. The van der Waals surface area contributed by atoms with Crippen molar-refractivity contribution in [2.24, 2.45) is 0 Å². The molecule has 0 aliphatic heterocycles. The number of nitrogens with one attached hydrogen (secondary N) is 2. The van der Waals surface area contributed by atoms with Crippen LogP contribution in [0.5, 0.6) is 0 Å². The molecule has 0 bridgehead atoms. The first kappa shape index (κ1) is 12.1. The molecule has 0 saturated heterocycles. The summed E-state index contributed by atoms with van der Waals surface area (Å²) in [7, 11) is 4.25. The smallest absolute Gasteiger partial charge is 0.252 e. The Bertz CT molecular complexity index is 421. The number of aromatic amines is 1. The third-order valence-corrected chi connectivity index (χ3v) is 3.76. The van der Waals surface area contributed by atoms with Crippen molar-refractivity contribution in [1.82, 2.24) is 14.9 Å². The van der Waals surface area contributed by atoms with Gasteiger partial charge in [-0.2, -0.15) is 0 Å². The van der Waals surface area contributed by atoms with Crippen molar-refractivity contribution in [3.05, 3.63) is 22.7 Å². The van der Waals surface area contributed by atoms with Crippen molar-refractivity contribution < 1.29 is 0 Å². The van der Waals surface area contributed by atoms with E-state index < -0.39 is 0 Å². The molecule has 17 heavy (non-hydrogen) atoms. The molecule has 1 heterocycles. The summed E-state index contributed by atoms with van der Waals surface area (Å²) in [6, 6.07) is 1.50. The van der Waals surface area contributed by atoms with E-state index in [0.29, 0.717) is 5.82 Å². The van der Waals surface area contributed by atoms with Crippen LogP contribution in [0.25, 0.3) is 0 Å². The predicted octanol–water partition coefficient (Wildman–Crippen LogP) is 1.06. The van der Waals surface area contributed by atoms with E-state index >= 15 is 0 Å². The Balaban J connectivity index is 2.03. The highest BCUT2D eigenvalue weighted by Gasteiger charge is 2.35. The van der Waals surface area contributed by atoms with Crippen LogP contribution in [0.1, 0.15) is 25.7 Å². The van der Waals surface area contributed by atoms with E-state index in [1.54, 1.807) is 0 Å². The molecular weight excluding hydrogens is 216 g/mol. The number of aromatic nitrogens is 2. The highest BCUT2D eigenvalue weighted by atomic mass is 16.1. The van der Waals surface area contributed by atoms with E-state index in [0.717, 1.165) is 6.54 Å². The Morgan fingerprint density at radius 1 is 1.47 bits per heavy atom.